The van der Waals surface area contributed by atoms with Gasteiger partial charge in [-0.25, -0.2) is 4.98 Å². The lowest BCUT2D eigenvalue weighted by molar-refractivity contribution is -0.136. The fourth-order valence-electron chi connectivity index (χ4n) is 1.80. The third-order valence-electron chi connectivity index (χ3n) is 2.83. The number of para-hydroxylation sites is 1. The van der Waals surface area contributed by atoms with Crippen molar-refractivity contribution in [2.45, 2.75) is 19.8 Å². The molecule has 2 rings (SSSR count). The summed E-state index contributed by atoms with van der Waals surface area (Å²) in [6.45, 7) is 1.68. The van der Waals surface area contributed by atoms with Crippen LogP contribution in [0.4, 0.5) is 5.69 Å². The van der Waals surface area contributed by atoms with Gasteiger partial charge in [-0.1, -0.05) is 18.2 Å². The number of nitrogens with one attached hydrogen (secondary N) is 1. The molecular weight excluding hydrogens is 260 g/mol. The molecule has 104 valence electrons. The van der Waals surface area contributed by atoms with Gasteiger partial charge in [-0.2, -0.15) is 0 Å². The van der Waals surface area contributed by atoms with Crippen LogP contribution < -0.4 is 5.32 Å². The Morgan fingerprint density at radius 3 is 2.75 bits per heavy atom. The summed E-state index contributed by atoms with van der Waals surface area (Å²) in [5, 5.41) is 11.4. The van der Waals surface area contributed by atoms with Gasteiger partial charge in [-0.15, -0.1) is 0 Å². The van der Waals surface area contributed by atoms with Crippen molar-refractivity contribution in [1.82, 2.24) is 4.98 Å². The number of benzene rings is 1. The zero-order valence-corrected chi connectivity index (χ0v) is 10.9. The van der Waals surface area contributed by atoms with Gasteiger partial charge in [0.05, 0.1) is 5.69 Å². The van der Waals surface area contributed by atoms with E-state index in [1.807, 2.05) is 0 Å². The summed E-state index contributed by atoms with van der Waals surface area (Å²) in [5.41, 5.74) is 1.85. The smallest absolute Gasteiger partial charge is 0.303 e. The molecule has 6 heteroatoms. The fourth-order valence-corrected chi connectivity index (χ4v) is 1.80. The first-order chi connectivity index (χ1) is 9.58. The molecule has 0 atom stereocenters. The summed E-state index contributed by atoms with van der Waals surface area (Å²) in [4.78, 5) is 26.5. The Morgan fingerprint density at radius 1 is 1.35 bits per heavy atom. The van der Waals surface area contributed by atoms with Gasteiger partial charge in [-0.3, -0.25) is 9.59 Å². The Hall–Kier alpha value is -2.63. The van der Waals surface area contributed by atoms with Crippen molar-refractivity contribution in [1.29, 1.82) is 0 Å². The van der Waals surface area contributed by atoms with Crippen LogP contribution in [0.5, 0.6) is 0 Å². The maximum absolute atomic E-state index is 12.0. The Bertz CT molecular complexity index is 634. The van der Waals surface area contributed by atoms with Crippen LogP contribution in [0, 0.1) is 6.92 Å². The average molecular weight is 274 g/mol. The lowest BCUT2D eigenvalue weighted by Gasteiger charge is -2.09. The van der Waals surface area contributed by atoms with Crippen LogP contribution in [-0.4, -0.2) is 22.0 Å². The minimum atomic E-state index is -0.878. The van der Waals surface area contributed by atoms with Crippen LogP contribution >= 0.6 is 0 Å². The number of aliphatic carboxylic acids is 1. The van der Waals surface area contributed by atoms with Gasteiger partial charge in [0.25, 0.3) is 5.91 Å². The summed E-state index contributed by atoms with van der Waals surface area (Å²) in [6, 6.07) is 7.08. The summed E-state index contributed by atoms with van der Waals surface area (Å²) >= 11 is 0. The largest absolute Gasteiger partial charge is 0.481 e. The molecule has 0 fully saturated rings. The number of carboxylic acid groups (broad SMARTS) is 1. The topological polar surface area (TPSA) is 92.4 Å². The van der Waals surface area contributed by atoms with Crippen molar-refractivity contribution in [3.05, 3.63) is 47.7 Å². The third kappa shape index (κ3) is 3.23. The van der Waals surface area contributed by atoms with E-state index in [9.17, 15) is 9.59 Å². The molecule has 0 saturated heterocycles. The summed E-state index contributed by atoms with van der Waals surface area (Å²) in [7, 11) is 0. The second-order valence-electron chi connectivity index (χ2n) is 4.27. The molecule has 1 amide bonds. The molecule has 0 aliphatic carbocycles. The maximum atomic E-state index is 12.0. The van der Waals surface area contributed by atoms with E-state index in [1.54, 1.807) is 31.2 Å². The quantitative estimate of drug-likeness (QED) is 0.872. The fraction of sp³-hybridized carbons (Fsp3) is 0.214. The van der Waals surface area contributed by atoms with Crippen LogP contribution in [-0.2, 0) is 11.2 Å². The number of aromatic nitrogens is 1. The third-order valence-corrected chi connectivity index (χ3v) is 2.83. The van der Waals surface area contributed by atoms with Crippen LogP contribution in [0.25, 0.3) is 0 Å². The first-order valence-electron chi connectivity index (χ1n) is 6.09. The van der Waals surface area contributed by atoms with Crippen molar-refractivity contribution < 1.29 is 19.1 Å². The van der Waals surface area contributed by atoms with Crippen LogP contribution in [0.1, 0.15) is 28.2 Å². The first-order valence-corrected chi connectivity index (χ1v) is 6.09. The molecule has 1 aromatic heterocycles. The summed E-state index contributed by atoms with van der Waals surface area (Å²) < 4.78 is 5.02. The number of aryl methyl sites for hydroxylation is 2. The van der Waals surface area contributed by atoms with Crippen molar-refractivity contribution in [3.8, 4) is 0 Å². The number of carbonyl (C=O) groups excluding carboxylic acids is 1. The minimum Gasteiger partial charge on any atom is -0.481 e. The molecule has 0 bridgehead atoms. The molecule has 2 aromatic rings. The Balaban J connectivity index is 2.15. The van der Waals surface area contributed by atoms with Crippen LogP contribution in [0.2, 0.25) is 0 Å². The highest BCUT2D eigenvalue weighted by atomic mass is 16.4. The lowest BCUT2D eigenvalue weighted by atomic mass is 10.1. The number of hydrogen-bond acceptors (Lipinski definition) is 4. The van der Waals surface area contributed by atoms with Gasteiger partial charge < -0.3 is 14.8 Å². The number of carboxylic acids is 1. The Morgan fingerprint density at radius 2 is 2.10 bits per heavy atom. The van der Waals surface area contributed by atoms with Crippen molar-refractivity contribution in [2.24, 2.45) is 0 Å². The second-order valence-corrected chi connectivity index (χ2v) is 4.27. The van der Waals surface area contributed by atoms with Crippen LogP contribution in [0.15, 0.2) is 35.1 Å². The number of rotatable bonds is 5. The molecule has 1 heterocycles. The minimum absolute atomic E-state index is 0.00815. The summed E-state index contributed by atoms with van der Waals surface area (Å²) in [6.07, 6.45) is 1.57. The van der Waals surface area contributed by atoms with Crippen molar-refractivity contribution in [3.63, 3.8) is 0 Å². The van der Waals surface area contributed by atoms with E-state index in [0.717, 1.165) is 5.56 Å². The van der Waals surface area contributed by atoms with Crippen molar-refractivity contribution in [2.75, 3.05) is 5.32 Å². The monoisotopic (exact) mass is 274 g/mol. The standard InChI is InChI=1S/C14H14N2O4/c1-9-13(20-8-15-9)14(19)16-11-5-3-2-4-10(11)6-7-12(17)18/h2-5,8H,6-7H2,1H3,(H,16,19)(H,17,18). The van der Waals surface area contributed by atoms with E-state index in [-0.39, 0.29) is 12.2 Å². The number of oxazole rings is 1. The van der Waals surface area contributed by atoms with E-state index in [0.29, 0.717) is 17.8 Å². The Kier molecular flexibility index (Phi) is 4.14. The molecular formula is C14H14N2O4. The molecule has 0 radical (unpaired) electrons. The van der Waals surface area contributed by atoms with Gasteiger partial charge in [0, 0.05) is 12.1 Å². The number of anilines is 1. The van der Waals surface area contributed by atoms with E-state index in [4.69, 9.17) is 9.52 Å². The zero-order valence-electron chi connectivity index (χ0n) is 10.9. The number of carbonyl (C=O) groups is 2. The van der Waals surface area contributed by atoms with E-state index in [2.05, 4.69) is 10.3 Å². The van der Waals surface area contributed by atoms with E-state index in [1.165, 1.54) is 6.39 Å². The molecule has 1 aromatic carbocycles. The predicted octanol–water partition coefficient (Wildman–Crippen LogP) is 2.25. The van der Waals surface area contributed by atoms with E-state index >= 15 is 0 Å². The molecule has 0 unspecified atom stereocenters. The normalized spacial score (nSPS) is 10.2. The van der Waals surface area contributed by atoms with Gasteiger partial charge in [0.1, 0.15) is 0 Å². The lowest BCUT2D eigenvalue weighted by Crippen LogP contribution is -2.14. The van der Waals surface area contributed by atoms with Gasteiger partial charge in [-0.05, 0) is 25.0 Å². The highest BCUT2D eigenvalue weighted by Gasteiger charge is 2.15. The number of amides is 1. The van der Waals surface area contributed by atoms with Gasteiger partial charge >= 0.3 is 5.97 Å². The highest BCUT2D eigenvalue weighted by molar-refractivity contribution is 6.03. The molecule has 20 heavy (non-hydrogen) atoms. The second kappa shape index (κ2) is 6.01. The van der Waals surface area contributed by atoms with Crippen molar-refractivity contribution >= 4 is 17.6 Å². The number of hydrogen-bond donors (Lipinski definition) is 2. The van der Waals surface area contributed by atoms with Crippen LogP contribution in [0.3, 0.4) is 0 Å². The first kappa shape index (κ1) is 13.8. The predicted molar refractivity (Wildman–Crippen MR) is 71.6 cm³/mol. The molecule has 0 aliphatic rings. The van der Waals surface area contributed by atoms with E-state index < -0.39 is 11.9 Å². The van der Waals surface area contributed by atoms with Gasteiger partial charge in [0.15, 0.2) is 6.39 Å². The number of nitrogens with zero attached hydrogens (tertiary/aromatic N) is 1. The SMILES string of the molecule is Cc1ncoc1C(=O)Nc1ccccc1CCC(=O)O. The molecule has 2 N–H and O–H groups in total. The Labute approximate surface area is 115 Å². The summed E-state index contributed by atoms with van der Waals surface area (Å²) in [5.74, 6) is -1.13. The molecule has 0 aliphatic heterocycles. The molecule has 6 nitrogen and oxygen atoms in total. The molecule has 0 saturated carbocycles. The maximum Gasteiger partial charge on any atom is 0.303 e. The van der Waals surface area contributed by atoms with Gasteiger partial charge in [0.2, 0.25) is 5.76 Å². The molecule has 0 spiro atoms. The highest BCUT2D eigenvalue weighted by Crippen LogP contribution is 2.18. The average Bonchev–Trinajstić information content (AvgIpc) is 2.84. The zero-order chi connectivity index (χ0) is 14.5.